The lowest BCUT2D eigenvalue weighted by atomic mass is 9.97. The monoisotopic (exact) mass is 538 g/mol. The number of carbonyl (C=O) groups excluding carboxylic acids is 3. The highest BCUT2D eigenvalue weighted by Crippen LogP contribution is 2.34. The largest absolute Gasteiger partial charge is 0.465 e. The lowest BCUT2D eigenvalue weighted by Gasteiger charge is -2.36. The Labute approximate surface area is 220 Å². The maximum absolute atomic E-state index is 13.0. The molecule has 1 aliphatic rings. The number of piperidine rings is 1. The number of rotatable bonds is 6. The molecule has 2 aromatic rings. The third kappa shape index (κ3) is 6.85. The number of nitrogens with one attached hydrogen (secondary N) is 3. The van der Waals surface area contributed by atoms with E-state index in [1.807, 2.05) is 20.8 Å². The molecule has 1 unspecified atom stereocenters. The second kappa shape index (κ2) is 11.4. The number of nitrogens with zero attached hydrogens (tertiary/aromatic N) is 1. The first kappa shape index (κ1) is 27.7. The second-order valence-electron chi connectivity index (χ2n) is 9.77. The van der Waals surface area contributed by atoms with Crippen LogP contribution in [0.5, 0.6) is 0 Å². The second-order valence-corrected chi connectivity index (χ2v) is 10.5. The highest BCUT2D eigenvalue weighted by Gasteiger charge is 2.26. The van der Waals surface area contributed by atoms with Crippen molar-refractivity contribution in [3.8, 4) is 0 Å². The molecule has 2 heterocycles. The van der Waals surface area contributed by atoms with Crippen molar-refractivity contribution >= 4 is 52.5 Å². The Kier molecular flexibility index (Phi) is 8.79. The predicted molar refractivity (Wildman–Crippen MR) is 140 cm³/mol. The molecule has 36 heavy (non-hydrogen) atoms. The molecule has 196 valence electrons. The van der Waals surface area contributed by atoms with E-state index in [9.17, 15) is 14.4 Å². The van der Waals surface area contributed by atoms with Gasteiger partial charge in [-0.1, -0.05) is 23.2 Å². The van der Waals surface area contributed by atoms with Crippen molar-refractivity contribution in [2.45, 2.75) is 46.1 Å². The molecule has 1 aromatic carbocycles. The molecule has 1 saturated heterocycles. The number of hydrogen-bond acceptors (Lipinski definition) is 6. The van der Waals surface area contributed by atoms with Gasteiger partial charge >= 0.3 is 12.1 Å². The van der Waals surface area contributed by atoms with E-state index in [1.54, 1.807) is 25.1 Å². The van der Waals surface area contributed by atoms with Crippen molar-refractivity contribution in [3.63, 3.8) is 0 Å². The summed E-state index contributed by atoms with van der Waals surface area (Å²) < 4.78 is 10.2. The molecular weight excluding hydrogens is 507 g/mol. The van der Waals surface area contributed by atoms with Crippen LogP contribution in [0.1, 0.15) is 60.2 Å². The van der Waals surface area contributed by atoms with Crippen LogP contribution in [0, 0.1) is 12.8 Å². The lowest BCUT2D eigenvalue weighted by Crippen LogP contribution is -2.42. The lowest BCUT2D eigenvalue weighted by molar-refractivity contribution is 0.0516. The first-order valence-corrected chi connectivity index (χ1v) is 12.4. The van der Waals surface area contributed by atoms with E-state index in [0.29, 0.717) is 47.3 Å². The standard InChI is InChI=1S/C25H32Cl2N4O5/c1-14-19(26)20(27)21(29-14)22(32)30-17-9-8-16(23(33)35-5)11-18(17)31-10-6-7-15(13-31)12-28-24(34)36-25(2,3)4/h8-9,11,15,29H,6-7,10,12-13H2,1-5H3,(H,28,34)(H,30,32). The van der Waals surface area contributed by atoms with E-state index in [2.05, 4.69) is 20.5 Å². The summed E-state index contributed by atoms with van der Waals surface area (Å²) in [6, 6.07) is 4.94. The normalized spacial score (nSPS) is 15.9. The molecule has 1 aliphatic heterocycles. The molecule has 1 atom stereocenters. The topological polar surface area (TPSA) is 113 Å². The van der Waals surface area contributed by atoms with Gasteiger partial charge in [0.15, 0.2) is 0 Å². The molecule has 2 amide bonds. The average molecular weight is 539 g/mol. The number of aromatic amines is 1. The molecule has 9 nitrogen and oxygen atoms in total. The van der Waals surface area contributed by atoms with Crippen LogP contribution in [0.25, 0.3) is 0 Å². The van der Waals surface area contributed by atoms with Crippen LogP contribution < -0.4 is 15.5 Å². The molecule has 1 fully saturated rings. The summed E-state index contributed by atoms with van der Waals surface area (Å²) in [4.78, 5) is 42.3. The molecule has 0 spiro atoms. The molecule has 0 radical (unpaired) electrons. The van der Waals surface area contributed by atoms with E-state index in [1.165, 1.54) is 7.11 Å². The Hall–Kier alpha value is -2.91. The number of halogens is 2. The molecule has 3 N–H and O–H groups in total. The van der Waals surface area contributed by atoms with Gasteiger partial charge in [0.1, 0.15) is 11.3 Å². The summed E-state index contributed by atoms with van der Waals surface area (Å²) in [6.07, 6.45) is 1.32. The number of H-pyrrole nitrogens is 1. The average Bonchev–Trinajstić information content (AvgIpc) is 3.09. The van der Waals surface area contributed by atoms with E-state index in [4.69, 9.17) is 32.7 Å². The molecule has 0 bridgehead atoms. The van der Waals surface area contributed by atoms with Gasteiger partial charge in [0.2, 0.25) is 0 Å². The van der Waals surface area contributed by atoms with Crippen molar-refractivity contribution in [1.82, 2.24) is 10.3 Å². The molecule has 0 aliphatic carbocycles. The Balaban J connectivity index is 1.81. The fraction of sp³-hybridized carbons (Fsp3) is 0.480. The zero-order valence-corrected chi connectivity index (χ0v) is 22.6. The van der Waals surface area contributed by atoms with Crippen LogP contribution in [0.15, 0.2) is 18.2 Å². The predicted octanol–water partition coefficient (Wildman–Crippen LogP) is 5.41. The SMILES string of the molecule is COC(=O)c1ccc(NC(=O)c2[nH]c(C)c(Cl)c2Cl)c(N2CCCC(CNC(=O)OC(C)(C)C)C2)c1. The van der Waals surface area contributed by atoms with Crippen LogP contribution in [-0.2, 0) is 9.47 Å². The molecule has 0 saturated carbocycles. The quantitative estimate of drug-likeness (QED) is 0.423. The molecule has 1 aromatic heterocycles. The number of ether oxygens (including phenoxy) is 2. The van der Waals surface area contributed by atoms with Gasteiger partial charge in [0.25, 0.3) is 5.91 Å². The summed E-state index contributed by atoms with van der Waals surface area (Å²) in [5.41, 5.74) is 1.70. The number of aryl methyl sites for hydroxylation is 1. The number of carbonyl (C=O) groups is 3. The van der Waals surface area contributed by atoms with Gasteiger partial charge in [0.05, 0.1) is 34.1 Å². The Morgan fingerprint density at radius 1 is 1.19 bits per heavy atom. The molecular formula is C25H32Cl2N4O5. The number of anilines is 2. The summed E-state index contributed by atoms with van der Waals surface area (Å²) >= 11 is 12.4. The van der Waals surface area contributed by atoms with E-state index < -0.39 is 23.6 Å². The Morgan fingerprint density at radius 2 is 1.92 bits per heavy atom. The van der Waals surface area contributed by atoms with Gasteiger partial charge in [-0.3, -0.25) is 4.79 Å². The minimum absolute atomic E-state index is 0.144. The maximum atomic E-state index is 13.0. The fourth-order valence-electron chi connectivity index (χ4n) is 4.05. The van der Waals surface area contributed by atoms with Crippen molar-refractivity contribution in [2.24, 2.45) is 5.92 Å². The van der Waals surface area contributed by atoms with Gasteiger partial charge in [-0.2, -0.15) is 0 Å². The summed E-state index contributed by atoms with van der Waals surface area (Å²) in [7, 11) is 1.32. The van der Waals surface area contributed by atoms with Crippen LogP contribution in [0.2, 0.25) is 10.0 Å². The summed E-state index contributed by atoms with van der Waals surface area (Å²) in [6.45, 7) is 8.93. The highest BCUT2D eigenvalue weighted by molar-refractivity contribution is 6.44. The van der Waals surface area contributed by atoms with Crippen molar-refractivity contribution < 1.29 is 23.9 Å². The Morgan fingerprint density at radius 3 is 2.53 bits per heavy atom. The van der Waals surface area contributed by atoms with Crippen molar-refractivity contribution in [1.29, 1.82) is 0 Å². The number of amides is 2. The van der Waals surface area contributed by atoms with Gasteiger partial charge in [-0.25, -0.2) is 9.59 Å². The zero-order valence-electron chi connectivity index (χ0n) is 21.1. The molecule has 3 rings (SSSR count). The van der Waals surface area contributed by atoms with Crippen LogP contribution in [0.3, 0.4) is 0 Å². The van der Waals surface area contributed by atoms with Gasteiger partial charge in [0, 0.05) is 25.3 Å². The smallest absolute Gasteiger partial charge is 0.407 e. The van der Waals surface area contributed by atoms with E-state index in [-0.39, 0.29) is 16.6 Å². The number of alkyl carbamates (subject to hydrolysis) is 1. The zero-order chi connectivity index (χ0) is 26.6. The molecule has 11 heteroatoms. The minimum atomic E-state index is -0.574. The number of hydrogen-bond donors (Lipinski definition) is 3. The highest BCUT2D eigenvalue weighted by atomic mass is 35.5. The first-order valence-electron chi connectivity index (χ1n) is 11.7. The van der Waals surface area contributed by atoms with Gasteiger partial charge < -0.3 is 30.0 Å². The van der Waals surface area contributed by atoms with E-state index in [0.717, 1.165) is 12.8 Å². The van der Waals surface area contributed by atoms with E-state index >= 15 is 0 Å². The van der Waals surface area contributed by atoms with Crippen LogP contribution in [-0.4, -0.2) is 55.3 Å². The third-order valence-electron chi connectivity index (χ3n) is 5.74. The maximum Gasteiger partial charge on any atom is 0.407 e. The van der Waals surface area contributed by atoms with Gasteiger partial charge in [-0.15, -0.1) is 0 Å². The summed E-state index contributed by atoms with van der Waals surface area (Å²) in [5, 5.41) is 6.16. The number of benzene rings is 1. The van der Waals surface area contributed by atoms with Crippen molar-refractivity contribution in [2.75, 3.05) is 37.0 Å². The number of methoxy groups -OCH3 is 1. The Bertz CT molecular complexity index is 1140. The fourth-order valence-corrected chi connectivity index (χ4v) is 4.47. The van der Waals surface area contributed by atoms with Crippen LogP contribution >= 0.6 is 23.2 Å². The van der Waals surface area contributed by atoms with Gasteiger partial charge in [-0.05, 0) is 64.7 Å². The van der Waals surface area contributed by atoms with Crippen molar-refractivity contribution in [3.05, 3.63) is 45.2 Å². The minimum Gasteiger partial charge on any atom is -0.465 e. The number of esters is 1. The number of aromatic nitrogens is 1. The third-order valence-corrected chi connectivity index (χ3v) is 6.69. The summed E-state index contributed by atoms with van der Waals surface area (Å²) in [5.74, 6) is -0.790. The first-order chi connectivity index (χ1) is 16.9. The van der Waals surface area contributed by atoms with Crippen LogP contribution in [0.4, 0.5) is 16.2 Å².